The van der Waals surface area contributed by atoms with E-state index in [2.05, 4.69) is 0 Å². The van der Waals surface area contributed by atoms with Gasteiger partial charge in [0.15, 0.2) is 0 Å². The van der Waals surface area contributed by atoms with Gasteiger partial charge in [-0.25, -0.2) is 4.79 Å². The monoisotopic (exact) mass is 186 g/mol. The molecule has 1 saturated heterocycles. The van der Waals surface area contributed by atoms with Crippen molar-refractivity contribution in [3.05, 3.63) is 0 Å². The van der Waals surface area contributed by atoms with E-state index in [0.717, 1.165) is 6.42 Å². The van der Waals surface area contributed by atoms with E-state index in [9.17, 15) is 4.79 Å². The molecule has 0 aromatic carbocycles. The van der Waals surface area contributed by atoms with Gasteiger partial charge in [-0.3, -0.25) is 0 Å². The van der Waals surface area contributed by atoms with Crippen molar-refractivity contribution in [2.75, 3.05) is 13.1 Å². The fourth-order valence-corrected chi connectivity index (χ4v) is 1.56. The number of amides is 1. The average Bonchev–Trinajstić information content (AvgIpc) is 2.27. The largest absolute Gasteiger partial charge is 0.441 e. The Balaban J connectivity index is 2.63. The number of hydrogen-bond donors (Lipinski definition) is 1. The molecule has 2 N–H and O–H groups in total. The highest BCUT2D eigenvalue weighted by Gasteiger charge is 2.41. The van der Waals surface area contributed by atoms with Crippen molar-refractivity contribution in [3.63, 3.8) is 0 Å². The SMILES string of the molecule is CC(C)N1CC(C)(CCN)OC1=O. The van der Waals surface area contributed by atoms with E-state index < -0.39 is 0 Å². The van der Waals surface area contributed by atoms with Crippen LogP contribution in [0.4, 0.5) is 4.79 Å². The van der Waals surface area contributed by atoms with Crippen LogP contribution >= 0.6 is 0 Å². The normalized spacial score (nSPS) is 28.4. The maximum absolute atomic E-state index is 11.4. The van der Waals surface area contributed by atoms with Gasteiger partial charge in [-0.2, -0.15) is 0 Å². The minimum absolute atomic E-state index is 0.201. The van der Waals surface area contributed by atoms with Gasteiger partial charge in [0, 0.05) is 12.5 Å². The Morgan fingerprint density at radius 3 is 2.69 bits per heavy atom. The zero-order valence-electron chi connectivity index (χ0n) is 8.54. The highest BCUT2D eigenvalue weighted by Crippen LogP contribution is 2.26. The van der Waals surface area contributed by atoms with E-state index in [1.165, 1.54) is 0 Å². The second-order valence-electron chi connectivity index (χ2n) is 4.08. The highest BCUT2D eigenvalue weighted by atomic mass is 16.6. The topological polar surface area (TPSA) is 55.6 Å². The number of hydrogen-bond acceptors (Lipinski definition) is 3. The third-order valence-electron chi connectivity index (χ3n) is 2.37. The van der Waals surface area contributed by atoms with Gasteiger partial charge < -0.3 is 15.4 Å². The fourth-order valence-electron chi connectivity index (χ4n) is 1.56. The summed E-state index contributed by atoms with van der Waals surface area (Å²) in [6.45, 7) is 7.10. The van der Waals surface area contributed by atoms with Crippen LogP contribution in [0.3, 0.4) is 0 Å². The van der Waals surface area contributed by atoms with Crippen LogP contribution in [0.5, 0.6) is 0 Å². The number of carbonyl (C=O) groups excluding carboxylic acids is 1. The first kappa shape index (κ1) is 10.3. The van der Waals surface area contributed by atoms with Crippen LogP contribution in [0.15, 0.2) is 0 Å². The van der Waals surface area contributed by atoms with Crippen molar-refractivity contribution in [1.29, 1.82) is 0 Å². The summed E-state index contributed by atoms with van der Waals surface area (Å²) in [6.07, 6.45) is 0.507. The Kier molecular flexibility index (Phi) is 2.81. The summed E-state index contributed by atoms with van der Waals surface area (Å²) in [6, 6.07) is 0.201. The molecule has 0 spiro atoms. The Morgan fingerprint density at radius 2 is 2.31 bits per heavy atom. The standard InChI is InChI=1S/C9H18N2O2/c1-7(2)11-6-9(3,4-5-10)13-8(11)12/h7H,4-6,10H2,1-3H3. The second-order valence-corrected chi connectivity index (χ2v) is 4.08. The van der Waals surface area contributed by atoms with Gasteiger partial charge in [0.2, 0.25) is 0 Å². The molecule has 1 aliphatic rings. The Bertz CT molecular complexity index is 206. The first-order valence-corrected chi connectivity index (χ1v) is 4.68. The molecule has 0 aromatic heterocycles. The lowest BCUT2D eigenvalue weighted by atomic mass is 10.0. The van der Waals surface area contributed by atoms with Gasteiger partial charge in [0.05, 0.1) is 6.54 Å². The molecule has 1 amide bonds. The maximum atomic E-state index is 11.4. The zero-order chi connectivity index (χ0) is 10.1. The summed E-state index contributed by atoms with van der Waals surface area (Å²) in [5.41, 5.74) is 5.07. The maximum Gasteiger partial charge on any atom is 0.410 e. The van der Waals surface area contributed by atoms with Crippen molar-refractivity contribution >= 4 is 6.09 Å². The zero-order valence-corrected chi connectivity index (χ0v) is 8.54. The molecule has 1 aliphatic heterocycles. The first-order chi connectivity index (χ1) is 5.98. The van der Waals surface area contributed by atoms with Gasteiger partial charge in [0.25, 0.3) is 0 Å². The molecule has 0 saturated carbocycles. The quantitative estimate of drug-likeness (QED) is 0.714. The van der Waals surface area contributed by atoms with Gasteiger partial charge in [-0.05, 0) is 27.3 Å². The number of nitrogens with two attached hydrogens (primary N) is 1. The summed E-state index contributed by atoms with van der Waals surface area (Å²) in [5.74, 6) is 0. The van der Waals surface area contributed by atoms with E-state index in [0.29, 0.717) is 13.1 Å². The molecule has 1 rings (SSSR count). The molecule has 13 heavy (non-hydrogen) atoms. The molecule has 1 atom stereocenters. The number of cyclic esters (lactones) is 1. The minimum atomic E-state index is -0.379. The Morgan fingerprint density at radius 1 is 1.69 bits per heavy atom. The molecule has 1 heterocycles. The van der Waals surface area contributed by atoms with E-state index >= 15 is 0 Å². The summed E-state index contributed by atoms with van der Waals surface area (Å²) in [4.78, 5) is 13.1. The van der Waals surface area contributed by atoms with Gasteiger partial charge in [-0.15, -0.1) is 0 Å². The van der Waals surface area contributed by atoms with Gasteiger partial charge in [-0.1, -0.05) is 0 Å². The molecular formula is C9H18N2O2. The molecule has 0 aromatic rings. The molecule has 4 nitrogen and oxygen atoms in total. The molecule has 4 heteroatoms. The van der Waals surface area contributed by atoms with Crippen LogP contribution in [0, 0.1) is 0 Å². The van der Waals surface area contributed by atoms with Gasteiger partial charge >= 0.3 is 6.09 Å². The lowest BCUT2D eigenvalue weighted by molar-refractivity contribution is 0.0668. The second kappa shape index (κ2) is 3.54. The number of ether oxygens (including phenoxy) is 1. The highest BCUT2D eigenvalue weighted by molar-refractivity contribution is 5.70. The fraction of sp³-hybridized carbons (Fsp3) is 0.889. The van der Waals surface area contributed by atoms with Crippen molar-refractivity contribution in [2.45, 2.75) is 38.8 Å². The van der Waals surface area contributed by atoms with Crippen molar-refractivity contribution in [2.24, 2.45) is 5.73 Å². The molecule has 0 radical (unpaired) electrons. The van der Waals surface area contributed by atoms with Gasteiger partial charge in [0.1, 0.15) is 5.60 Å². The summed E-state index contributed by atoms with van der Waals surface area (Å²) in [5, 5.41) is 0. The van der Waals surface area contributed by atoms with Crippen LogP contribution in [0.25, 0.3) is 0 Å². The third-order valence-corrected chi connectivity index (χ3v) is 2.37. The van der Waals surface area contributed by atoms with E-state index in [1.807, 2.05) is 20.8 Å². The van der Waals surface area contributed by atoms with E-state index in [4.69, 9.17) is 10.5 Å². The molecule has 76 valence electrons. The minimum Gasteiger partial charge on any atom is -0.441 e. The third kappa shape index (κ3) is 2.12. The summed E-state index contributed by atoms with van der Waals surface area (Å²) < 4.78 is 5.27. The van der Waals surface area contributed by atoms with Crippen molar-refractivity contribution in [3.8, 4) is 0 Å². The smallest absolute Gasteiger partial charge is 0.410 e. The molecular weight excluding hydrogens is 168 g/mol. The Labute approximate surface area is 79.0 Å². The van der Waals surface area contributed by atoms with Crippen LogP contribution < -0.4 is 5.73 Å². The lowest BCUT2D eigenvalue weighted by Gasteiger charge is -2.21. The Hall–Kier alpha value is -0.770. The van der Waals surface area contributed by atoms with Crippen molar-refractivity contribution in [1.82, 2.24) is 4.90 Å². The molecule has 1 unspecified atom stereocenters. The summed E-state index contributed by atoms with van der Waals surface area (Å²) in [7, 11) is 0. The van der Waals surface area contributed by atoms with Crippen LogP contribution in [-0.4, -0.2) is 35.7 Å². The predicted molar refractivity (Wildman–Crippen MR) is 50.4 cm³/mol. The predicted octanol–water partition coefficient (Wildman–Crippen LogP) is 0.955. The van der Waals surface area contributed by atoms with E-state index in [1.54, 1.807) is 4.90 Å². The molecule has 0 bridgehead atoms. The average molecular weight is 186 g/mol. The molecule has 1 fully saturated rings. The van der Waals surface area contributed by atoms with Crippen LogP contribution in [-0.2, 0) is 4.74 Å². The number of rotatable bonds is 3. The number of carbonyl (C=O) groups is 1. The first-order valence-electron chi connectivity index (χ1n) is 4.68. The van der Waals surface area contributed by atoms with Crippen molar-refractivity contribution < 1.29 is 9.53 Å². The van der Waals surface area contributed by atoms with E-state index in [-0.39, 0.29) is 17.7 Å². The summed E-state index contributed by atoms with van der Waals surface area (Å²) >= 11 is 0. The van der Waals surface area contributed by atoms with Crippen LogP contribution in [0.1, 0.15) is 27.2 Å². The lowest BCUT2D eigenvalue weighted by Crippen LogP contribution is -2.36. The number of nitrogens with zero attached hydrogens (tertiary/aromatic N) is 1. The molecule has 0 aliphatic carbocycles. The van der Waals surface area contributed by atoms with Crippen LogP contribution in [0.2, 0.25) is 0 Å².